The van der Waals surface area contributed by atoms with Crippen LogP contribution in [0.25, 0.3) is 0 Å². The molecule has 1 fully saturated rings. The molecule has 0 saturated carbocycles. The fourth-order valence-corrected chi connectivity index (χ4v) is 3.98. The third-order valence-electron chi connectivity index (χ3n) is 5.50. The molecule has 26 heavy (non-hydrogen) atoms. The summed E-state index contributed by atoms with van der Waals surface area (Å²) in [6.07, 6.45) is 5.27. The van der Waals surface area contributed by atoms with Crippen molar-refractivity contribution in [3.8, 4) is 0 Å². The van der Waals surface area contributed by atoms with Crippen molar-refractivity contribution in [2.24, 2.45) is 0 Å². The SMILES string of the molecule is CC(CNC(=O)c1ccn(C2CCCNC2)n1)N1CCc2ccccc21. The van der Waals surface area contributed by atoms with Crippen molar-refractivity contribution in [2.45, 2.75) is 38.3 Å². The number of nitrogens with one attached hydrogen (secondary N) is 2. The number of piperidine rings is 1. The molecule has 2 atom stereocenters. The largest absolute Gasteiger partial charge is 0.366 e. The van der Waals surface area contributed by atoms with Gasteiger partial charge in [0.2, 0.25) is 0 Å². The van der Waals surface area contributed by atoms with E-state index in [0.29, 0.717) is 18.3 Å². The Hall–Kier alpha value is -2.34. The van der Waals surface area contributed by atoms with E-state index in [-0.39, 0.29) is 11.9 Å². The van der Waals surface area contributed by atoms with Gasteiger partial charge in [-0.3, -0.25) is 9.48 Å². The van der Waals surface area contributed by atoms with E-state index in [1.807, 2.05) is 16.9 Å². The first-order valence-electron chi connectivity index (χ1n) is 9.61. The first-order chi connectivity index (χ1) is 12.7. The summed E-state index contributed by atoms with van der Waals surface area (Å²) >= 11 is 0. The number of anilines is 1. The van der Waals surface area contributed by atoms with Gasteiger partial charge >= 0.3 is 0 Å². The Morgan fingerprint density at radius 2 is 2.27 bits per heavy atom. The molecular formula is C20H27N5O. The summed E-state index contributed by atoms with van der Waals surface area (Å²) < 4.78 is 1.93. The fraction of sp³-hybridized carbons (Fsp3) is 0.500. The average Bonchev–Trinajstić information content (AvgIpc) is 3.34. The van der Waals surface area contributed by atoms with Gasteiger partial charge in [-0.1, -0.05) is 18.2 Å². The zero-order chi connectivity index (χ0) is 17.9. The van der Waals surface area contributed by atoms with Crippen LogP contribution in [0.1, 0.15) is 41.9 Å². The van der Waals surface area contributed by atoms with Crippen molar-refractivity contribution in [1.29, 1.82) is 0 Å². The summed E-state index contributed by atoms with van der Waals surface area (Å²) in [4.78, 5) is 14.9. The number of rotatable bonds is 5. The van der Waals surface area contributed by atoms with Crippen LogP contribution >= 0.6 is 0 Å². The lowest BCUT2D eigenvalue weighted by Crippen LogP contribution is -2.41. The lowest BCUT2D eigenvalue weighted by atomic mass is 10.1. The number of para-hydroxylation sites is 1. The smallest absolute Gasteiger partial charge is 0.271 e. The van der Waals surface area contributed by atoms with Gasteiger partial charge in [-0.2, -0.15) is 5.10 Å². The molecule has 2 N–H and O–H groups in total. The van der Waals surface area contributed by atoms with E-state index in [9.17, 15) is 4.79 Å². The maximum absolute atomic E-state index is 12.5. The summed E-state index contributed by atoms with van der Waals surface area (Å²) in [5.41, 5.74) is 3.19. The molecule has 0 aliphatic carbocycles. The fourth-order valence-electron chi connectivity index (χ4n) is 3.98. The van der Waals surface area contributed by atoms with Crippen LogP contribution in [0.5, 0.6) is 0 Å². The maximum Gasteiger partial charge on any atom is 0.271 e. The van der Waals surface area contributed by atoms with Crippen molar-refractivity contribution >= 4 is 11.6 Å². The number of hydrogen-bond donors (Lipinski definition) is 2. The van der Waals surface area contributed by atoms with Gasteiger partial charge in [0.15, 0.2) is 0 Å². The first-order valence-corrected chi connectivity index (χ1v) is 9.61. The van der Waals surface area contributed by atoms with Gasteiger partial charge in [0.05, 0.1) is 6.04 Å². The minimum atomic E-state index is -0.0909. The van der Waals surface area contributed by atoms with Crippen LogP contribution in [0.3, 0.4) is 0 Å². The molecule has 6 heteroatoms. The molecular weight excluding hydrogens is 326 g/mol. The van der Waals surface area contributed by atoms with Crippen molar-refractivity contribution in [3.05, 3.63) is 47.8 Å². The van der Waals surface area contributed by atoms with Crippen LogP contribution < -0.4 is 15.5 Å². The Balaban J connectivity index is 1.33. The summed E-state index contributed by atoms with van der Waals surface area (Å²) in [5, 5.41) is 10.9. The molecule has 0 radical (unpaired) electrons. The number of fused-ring (bicyclic) bond motifs is 1. The molecule has 0 bridgehead atoms. The van der Waals surface area contributed by atoms with E-state index in [1.165, 1.54) is 11.3 Å². The first kappa shape index (κ1) is 17.1. The van der Waals surface area contributed by atoms with E-state index in [1.54, 1.807) is 0 Å². The summed E-state index contributed by atoms with van der Waals surface area (Å²) in [5.74, 6) is -0.0909. The highest BCUT2D eigenvalue weighted by Crippen LogP contribution is 2.28. The van der Waals surface area contributed by atoms with Crippen LogP contribution in [0.15, 0.2) is 36.5 Å². The Morgan fingerprint density at radius 3 is 3.12 bits per heavy atom. The van der Waals surface area contributed by atoms with Crippen molar-refractivity contribution in [1.82, 2.24) is 20.4 Å². The van der Waals surface area contributed by atoms with E-state index in [0.717, 1.165) is 38.9 Å². The van der Waals surface area contributed by atoms with Crippen LogP contribution in [0.2, 0.25) is 0 Å². The second kappa shape index (κ2) is 7.50. The van der Waals surface area contributed by atoms with Crippen LogP contribution in [0, 0.1) is 0 Å². The van der Waals surface area contributed by atoms with Gasteiger partial charge in [0.1, 0.15) is 5.69 Å². The minimum Gasteiger partial charge on any atom is -0.366 e. The molecule has 1 aromatic carbocycles. The van der Waals surface area contributed by atoms with Gasteiger partial charge in [-0.15, -0.1) is 0 Å². The van der Waals surface area contributed by atoms with Gasteiger partial charge in [-0.25, -0.2) is 0 Å². The predicted molar refractivity (Wildman–Crippen MR) is 103 cm³/mol. The summed E-state index contributed by atoms with van der Waals surface area (Å²) in [6, 6.07) is 11.0. The molecule has 1 amide bonds. The molecule has 6 nitrogen and oxygen atoms in total. The van der Waals surface area contributed by atoms with E-state index in [2.05, 4.69) is 51.8 Å². The predicted octanol–water partition coefficient (Wildman–Crippen LogP) is 1.99. The second-order valence-corrected chi connectivity index (χ2v) is 7.31. The number of carbonyl (C=O) groups excluding carboxylic acids is 1. The standard InChI is InChI=1S/C20H27N5O/c1-15(24-11-8-16-5-2-3-7-19(16)24)13-22-20(26)18-9-12-25(23-18)17-6-4-10-21-14-17/h2-3,5,7,9,12,15,17,21H,4,6,8,10-11,13-14H2,1H3,(H,22,26). The van der Waals surface area contributed by atoms with Crippen molar-refractivity contribution < 1.29 is 4.79 Å². The molecule has 2 unspecified atom stereocenters. The van der Waals surface area contributed by atoms with E-state index < -0.39 is 0 Å². The highest BCUT2D eigenvalue weighted by atomic mass is 16.1. The monoisotopic (exact) mass is 353 g/mol. The number of benzene rings is 1. The normalized spacial score (nSPS) is 20.7. The molecule has 138 valence electrons. The van der Waals surface area contributed by atoms with Gasteiger partial charge in [0.25, 0.3) is 5.91 Å². The van der Waals surface area contributed by atoms with Gasteiger partial charge < -0.3 is 15.5 Å². The van der Waals surface area contributed by atoms with Crippen molar-refractivity contribution in [2.75, 3.05) is 31.1 Å². The Labute approximate surface area is 154 Å². The second-order valence-electron chi connectivity index (χ2n) is 7.31. The molecule has 2 aromatic rings. The maximum atomic E-state index is 12.5. The number of nitrogens with zero attached hydrogens (tertiary/aromatic N) is 3. The highest BCUT2D eigenvalue weighted by molar-refractivity contribution is 5.92. The number of hydrogen-bond acceptors (Lipinski definition) is 4. The number of amides is 1. The quantitative estimate of drug-likeness (QED) is 0.863. The molecule has 1 saturated heterocycles. The topological polar surface area (TPSA) is 62.2 Å². The third-order valence-corrected chi connectivity index (χ3v) is 5.50. The van der Waals surface area contributed by atoms with Gasteiger partial charge in [0, 0.05) is 37.6 Å². The zero-order valence-corrected chi connectivity index (χ0v) is 15.3. The van der Waals surface area contributed by atoms with Crippen LogP contribution in [0.4, 0.5) is 5.69 Å². The highest BCUT2D eigenvalue weighted by Gasteiger charge is 2.24. The Morgan fingerprint density at radius 1 is 1.38 bits per heavy atom. The molecule has 2 aliphatic heterocycles. The molecule has 4 rings (SSSR count). The van der Waals surface area contributed by atoms with Crippen molar-refractivity contribution in [3.63, 3.8) is 0 Å². The van der Waals surface area contributed by atoms with E-state index in [4.69, 9.17) is 0 Å². The number of aromatic nitrogens is 2. The average molecular weight is 353 g/mol. The summed E-state index contributed by atoms with van der Waals surface area (Å²) in [7, 11) is 0. The lowest BCUT2D eigenvalue weighted by Gasteiger charge is -2.27. The third kappa shape index (κ3) is 3.46. The zero-order valence-electron chi connectivity index (χ0n) is 15.3. The van der Waals surface area contributed by atoms with Crippen LogP contribution in [-0.4, -0.2) is 47.9 Å². The Bertz CT molecular complexity index is 765. The number of carbonyl (C=O) groups is 1. The van der Waals surface area contributed by atoms with E-state index >= 15 is 0 Å². The molecule has 1 aromatic heterocycles. The lowest BCUT2D eigenvalue weighted by molar-refractivity contribution is 0.0945. The summed E-state index contributed by atoms with van der Waals surface area (Å²) in [6.45, 7) is 5.79. The Kier molecular flexibility index (Phi) is 4.93. The molecule has 0 spiro atoms. The van der Waals surface area contributed by atoms with Crippen LogP contribution in [-0.2, 0) is 6.42 Å². The minimum absolute atomic E-state index is 0.0909. The van der Waals surface area contributed by atoms with Gasteiger partial charge in [-0.05, 0) is 50.4 Å². The molecule has 3 heterocycles. The molecule has 2 aliphatic rings.